The highest BCUT2D eigenvalue weighted by Crippen LogP contribution is 2.06. The number of carbonyl (C=O) groups excluding carboxylic acids is 1. The van der Waals surface area contributed by atoms with E-state index in [9.17, 15) is 13.2 Å². The fourth-order valence-electron chi connectivity index (χ4n) is 1.11. The first-order chi connectivity index (χ1) is 5.51. The minimum atomic E-state index is -2.94. The van der Waals surface area contributed by atoms with Crippen LogP contribution in [-0.2, 0) is 9.84 Å². The molecule has 0 aromatic rings. The van der Waals surface area contributed by atoms with Crippen molar-refractivity contribution in [1.82, 2.24) is 4.90 Å². The van der Waals surface area contributed by atoms with Crippen LogP contribution in [0.4, 0.5) is 4.79 Å². The molecule has 0 radical (unpaired) electrons. The third kappa shape index (κ3) is 2.64. The average Bonchev–Trinajstić information content (AvgIpc) is 2.10. The maximum absolute atomic E-state index is 11.1. The molecule has 1 aliphatic rings. The highest BCUT2D eigenvalue weighted by molar-refractivity contribution is 7.91. The number of rotatable bonds is 0. The first kappa shape index (κ1) is 9.80. The Labute approximate surface area is 76.4 Å². The highest BCUT2D eigenvalue weighted by Gasteiger charge is 2.20. The van der Waals surface area contributed by atoms with Gasteiger partial charge in [0.1, 0.15) is 0 Å². The minimum absolute atomic E-state index is 0.0332. The smallest absolute Gasteiger partial charge is 0.316 e. The molecule has 0 aliphatic carbocycles. The van der Waals surface area contributed by atoms with Crippen LogP contribution < -0.4 is 0 Å². The zero-order valence-corrected chi connectivity index (χ0v) is 8.07. The average molecular weight is 212 g/mol. The number of halogens is 1. The normalized spacial score (nSPS) is 23.2. The van der Waals surface area contributed by atoms with Gasteiger partial charge in [-0.05, 0) is 18.0 Å². The first-order valence-electron chi connectivity index (χ1n) is 3.66. The molecule has 0 spiro atoms. The van der Waals surface area contributed by atoms with Gasteiger partial charge in [0.25, 0.3) is 0 Å². The van der Waals surface area contributed by atoms with E-state index in [0.717, 1.165) is 0 Å². The Morgan fingerprint density at radius 2 is 1.92 bits per heavy atom. The summed E-state index contributed by atoms with van der Waals surface area (Å²) in [5.74, 6) is 0.194. The first-order valence-corrected chi connectivity index (χ1v) is 5.86. The Kier molecular flexibility index (Phi) is 2.95. The molecule has 1 aliphatic heterocycles. The lowest BCUT2D eigenvalue weighted by Gasteiger charge is -2.14. The zero-order valence-electron chi connectivity index (χ0n) is 6.49. The van der Waals surface area contributed by atoms with E-state index in [0.29, 0.717) is 13.0 Å². The number of amides is 1. The molecule has 4 nitrogen and oxygen atoms in total. The summed E-state index contributed by atoms with van der Waals surface area (Å²) in [4.78, 5) is 12.0. The maximum Gasteiger partial charge on any atom is 0.316 e. The quantitative estimate of drug-likeness (QED) is 0.432. The lowest BCUT2D eigenvalue weighted by atomic mass is 10.4. The van der Waals surface area contributed by atoms with Gasteiger partial charge in [0.05, 0.1) is 11.5 Å². The van der Waals surface area contributed by atoms with Crippen molar-refractivity contribution in [2.24, 2.45) is 0 Å². The van der Waals surface area contributed by atoms with E-state index < -0.39 is 15.2 Å². The van der Waals surface area contributed by atoms with E-state index in [1.165, 1.54) is 4.90 Å². The summed E-state index contributed by atoms with van der Waals surface area (Å²) in [6, 6.07) is 0. The summed E-state index contributed by atoms with van der Waals surface area (Å²) >= 11 is 5.21. The molecule has 1 rings (SSSR count). The molecule has 0 unspecified atom stereocenters. The van der Waals surface area contributed by atoms with Crippen LogP contribution in [0, 0.1) is 0 Å². The third-order valence-electron chi connectivity index (χ3n) is 1.80. The fraction of sp³-hybridized carbons (Fsp3) is 0.833. The predicted octanol–water partition coefficient (Wildman–Crippen LogP) is 0.466. The van der Waals surface area contributed by atoms with Crippen molar-refractivity contribution in [3.05, 3.63) is 0 Å². The molecule has 0 atom stereocenters. The number of sulfone groups is 1. The van der Waals surface area contributed by atoms with E-state index >= 15 is 0 Å². The summed E-state index contributed by atoms with van der Waals surface area (Å²) in [7, 11) is -2.94. The van der Waals surface area contributed by atoms with Crippen LogP contribution in [0.15, 0.2) is 0 Å². The minimum Gasteiger partial charge on any atom is -0.328 e. The molecule has 0 bridgehead atoms. The van der Waals surface area contributed by atoms with Crippen LogP contribution in [0.5, 0.6) is 0 Å². The monoisotopic (exact) mass is 211 g/mol. The number of hydrogen-bond acceptors (Lipinski definition) is 3. The zero-order chi connectivity index (χ0) is 9.19. The molecule has 1 heterocycles. The van der Waals surface area contributed by atoms with Gasteiger partial charge in [-0.3, -0.25) is 4.79 Å². The van der Waals surface area contributed by atoms with Crippen molar-refractivity contribution in [3.63, 3.8) is 0 Å². The highest BCUT2D eigenvalue weighted by atomic mass is 35.5. The van der Waals surface area contributed by atoms with Gasteiger partial charge in [0.2, 0.25) is 0 Å². The largest absolute Gasteiger partial charge is 0.328 e. The van der Waals surface area contributed by atoms with Gasteiger partial charge in [-0.1, -0.05) is 0 Å². The summed E-state index contributed by atoms with van der Waals surface area (Å²) in [5, 5.41) is -0.563. The van der Waals surface area contributed by atoms with Crippen molar-refractivity contribution in [2.45, 2.75) is 6.42 Å². The van der Waals surface area contributed by atoms with Gasteiger partial charge in [-0.15, -0.1) is 0 Å². The standard InChI is InChI=1S/C6H10ClNO3S/c7-6(9)8-2-1-4-12(10,11)5-3-8/h1-5H2. The van der Waals surface area contributed by atoms with Crippen molar-refractivity contribution in [2.75, 3.05) is 24.6 Å². The van der Waals surface area contributed by atoms with E-state index in [1.54, 1.807) is 0 Å². The third-order valence-corrected chi connectivity index (χ3v) is 3.76. The molecular formula is C6H10ClNO3S. The predicted molar refractivity (Wildman–Crippen MR) is 46.1 cm³/mol. The van der Waals surface area contributed by atoms with Crippen LogP contribution in [0.25, 0.3) is 0 Å². The van der Waals surface area contributed by atoms with Crippen LogP contribution >= 0.6 is 11.6 Å². The second-order valence-electron chi connectivity index (χ2n) is 2.75. The Morgan fingerprint density at radius 1 is 1.25 bits per heavy atom. The van der Waals surface area contributed by atoms with Crippen molar-refractivity contribution < 1.29 is 13.2 Å². The topological polar surface area (TPSA) is 54.5 Å². The molecule has 1 fully saturated rings. The lowest BCUT2D eigenvalue weighted by Crippen LogP contribution is -2.29. The lowest BCUT2D eigenvalue weighted by molar-refractivity contribution is 0.225. The second-order valence-corrected chi connectivity index (χ2v) is 5.37. The van der Waals surface area contributed by atoms with Crippen LogP contribution in [0.1, 0.15) is 6.42 Å². The Balaban J connectivity index is 2.62. The second kappa shape index (κ2) is 3.62. The Bertz CT molecular complexity index is 275. The molecule has 12 heavy (non-hydrogen) atoms. The maximum atomic E-state index is 11.1. The SMILES string of the molecule is O=C(Cl)N1CCCS(=O)(=O)CC1. The number of hydrogen-bond donors (Lipinski definition) is 0. The van der Waals surface area contributed by atoms with Crippen LogP contribution in [0.3, 0.4) is 0 Å². The van der Waals surface area contributed by atoms with Gasteiger partial charge in [-0.25, -0.2) is 8.42 Å². The fourth-order valence-corrected chi connectivity index (χ4v) is 2.55. The molecule has 0 saturated carbocycles. The van der Waals surface area contributed by atoms with Gasteiger partial charge in [0, 0.05) is 13.1 Å². The van der Waals surface area contributed by atoms with E-state index in [4.69, 9.17) is 11.6 Å². The Morgan fingerprint density at radius 3 is 2.50 bits per heavy atom. The summed E-state index contributed by atoms with van der Waals surface area (Å²) < 4.78 is 22.1. The van der Waals surface area contributed by atoms with Crippen LogP contribution in [0.2, 0.25) is 0 Å². The summed E-state index contributed by atoms with van der Waals surface area (Å²) in [5.41, 5.74) is 0. The van der Waals surface area contributed by atoms with E-state index in [-0.39, 0.29) is 18.1 Å². The van der Waals surface area contributed by atoms with Gasteiger partial charge in [-0.2, -0.15) is 0 Å². The molecule has 0 N–H and O–H groups in total. The molecule has 0 aromatic carbocycles. The van der Waals surface area contributed by atoms with E-state index in [2.05, 4.69) is 0 Å². The summed E-state index contributed by atoms with van der Waals surface area (Å²) in [6.45, 7) is 0.673. The number of carbonyl (C=O) groups is 1. The molecule has 1 amide bonds. The van der Waals surface area contributed by atoms with E-state index in [1.807, 2.05) is 0 Å². The van der Waals surface area contributed by atoms with Crippen molar-refractivity contribution in [1.29, 1.82) is 0 Å². The molecule has 0 aromatic heterocycles. The van der Waals surface area contributed by atoms with Gasteiger partial charge in [0.15, 0.2) is 9.84 Å². The van der Waals surface area contributed by atoms with Crippen LogP contribution in [-0.4, -0.2) is 43.3 Å². The van der Waals surface area contributed by atoms with Crippen molar-refractivity contribution in [3.8, 4) is 0 Å². The number of nitrogens with zero attached hydrogens (tertiary/aromatic N) is 1. The van der Waals surface area contributed by atoms with Gasteiger partial charge >= 0.3 is 5.37 Å². The van der Waals surface area contributed by atoms with Gasteiger partial charge < -0.3 is 4.90 Å². The van der Waals surface area contributed by atoms with Crippen molar-refractivity contribution >= 4 is 26.8 Å². The Hall–Kier alpha value is -0.290. The molecule has 6 heteroatoms. The molecule has 70 valence electrons. The summed E-state index contributed by atoms with van der Waals surface area (Å²) in [6.07, 6.45) is 0.487. The molecular weight excluding hydrogens is 202 g/mol. The molecule has 1 saturated heterocycles.